The second kappa shape index (κ2) is 9.77. The number of unbranched alkanes of at least 4 members (excludes halogenated alkanes) is 2. The minimum Gasteiger partial charge on any atom is -0.462 e. The molecular weight excluding hydrogens is 357 g/mol. The molecule has 4 nitrogen and oxygen atoms in total. The maximum Gasteiger partial charge on any atom is 0.310 e. The van der Waals surface area contributed by atoms with Gasteiger partial charge in [-0.05, 0) is 38.0 Å². The average Bonchev–Trinajstić information content (AvgIpc) is 2.94. The van der Waals surface area contributed by atoms with Crippen LogP contribution in [0.4, 0.5) is 8.78 Å². The van der Waals surface area contributed by atoms with Crippen molar-refractivity contribution in [3.05, 3.63) is 35.9 Å². The van der Waals surface area contributed by atoms with Gasteiger partial charge in [0, 0.05) is 18.7 Å². The number of hydrogen-bond acceptors (Lipinski definition) is 3. The van der Waals surface area contributed by atoms with Crippen LogP contribution in [0.3, 0.4) is 0 Å². The number of nitrogens with zero attached hydrogens (tertiary/aromatic N) is 2. The van der Waals surface area contributed by atoms with Gasteiger partial charge in [0.25, 0.3) is 0 Å². The predicted molar refractivity (Wildman–Crippen MR) is 101 cm³/mol. The third-order valence-electron chi connectivity index (χ3n) is 4.05. The van der Waals surface area contributed by atoms with Crippen LogP contribution in [0.5, 0.6) is 0 Å². The summed E-state index contributed by atoms with van der Waals surface area (Å²) in [5, 5.41) is 4.32. The van der Waals surface area contributed by atoms with Gasteiger partial charge in [0.1, 0.15) is 11.6 Å². The lowest BCUT2D eigenvalue weighted by Gasteiger charge is -2.12. The zero-order valence-electron chi connectivity index (χ0n) is 15.4. The van der Waals surface area contributed by atoms with Crippen molar-refractivity contribution in [2.24, 2.45) is 7.05 Å². The summed E-state index contributed by atoms with van der Waals surface area (Å²) in [7, 11) is 1.83. The molecule has 2 atom stereocenters. The van der Waals surface area contributed by atoms with Crippen molar-refractivity contribution in [1.82, 2.24) is 9.78 Å². The van der Waals surface area contributed by atoms with E-state index in [4.69, 9.17) is 4.74 Å². The van der Waals surface area contributed by atoms with Crippen LogP contribution in [-0.2, 0) is 16.6 Å². The van der Waals surface area contributed by atoms with Crippen LogP contribution in [-0.4, -0.2) is 28.0 Å². The topological polar surface area (TPSA) is 44.1 Å². The summed E-state index contributed by atoms with van der Waals surface area (Å²) in [6, 6.07) is 5.18. The molecule has 142 valence electrons. The second-order valence-electron chi connectivity index (χ2n) is 6.31. The van der Waals surface area contributed by atoms with Crippen LogP contribution in [0.1, 0.15) is 39.5 Å². The molecule has 1 heterocycles. The number of hydrogen-bond donors (Lipinski definition) is 0. The molecule has 1 aromatic carbocycles. The van der Waals surface area contributed by atoms with Gasteiger partial charge < -0.3 is 4.74 Å². The zero-order valence-corrected chi connectivity index (χ0v) is 16.4. The molecule has 0 amide bonds. The lowest BCUT2D eigenvalue weighted by molar-refractivity contribution is -0.145. The Kier molecular flexibility index (Phi) is 7.70. The van der Waals surface area contributed by atoms with Gasteiger partial charge in [0.05, 0.1) is 23.4 Å². The van der Waals surface area contributed by atoms with Gasteiger partial charge in [0.15, 0.2) is 0 Å². The quantitative estimate of drug-likeness (QED) is 0.371. The standard InChI is InChI=1S/C19H25F2N2O2P/c1-4-5-6-7-13(2)25-19(24)12-26-18-11-17(23(3)22-18)15-9-8-14(20)10-16(15)21/h8-11,13,26H,4-7,12H2,1-3H3. The molecule has 0 spiro atoms. The second-order valence-corrected chi connectivity index (χ2v) is 7.53. The number of benzene rings is 1. The van der Waals surface area contributed by atoms with E-state index in [0.29, 0.717) is 11.1 Å². The summed E-state index contributed by atoms with van der Waals surface area (Å²) in [4.78, 5) is 12.0. The van der Waals surface area contributed by atoms with E-state index in [1.54, 1.807) is 13.1 Å². The monoisotopic (exact) mass is 382 g/mol. The van der Waals surface area contributed by atoms with Crippen molar-refractivity contribution in [1.29, 1.82) is 0 Å². The molecule has 0 saturated carbocycles. The number of aromatic nitrogens is 2. The number of halogens is 2. The largest absolute Gasteiger partial charge is 0.462 e. The Balaban J connectivity index is 1.92. The third-order valence-corrected chi connectivity index (χ3v) is 5.12. The third kappa shape index (κ3) is 5.87. The summed E-state index contributed by atoms with van der Waals surface area (Å²) in [5.41, 5.74) is 1.53. The fourth-order valence-electron chi connectivity index (χ4n) is 2.67. The number of aryl methyl sites for hydroxylation is 1. The molecule has 0 fully saturated rings. The van der Waals surface area contributed by atoms with Crippen LogP contribution >= 0.6 is 8.58 Å². The summed E-state index contributed by atoms with van der Waals surface area (Å²) in [6.07, 6.45) is 4.38. The lowest BCUT2D eigenvalue weighted by Crippen LogP contribution is -2.17. The van der Waals surface area contributed by atoms with Gasteiger partial charge >= 0.3 is 5.97 Å². The summed E-state index contributed by atoms with van der Waals surface area (Å²) >= 11 is 0. The van der Waals surface area contributed by atoms with Crippen molar-refractivity contribution in [2.75, 3.05) is 6.16 Å². The fourth-order valence-corrected chi connectivity index (χ4v) is 3.54. The number of esters is 1. The molecule has 0 aliphatic rings. The Morgan fingerprint density at radius 3 is 2.77 bits per heavy atom. The zero-order chi connectivity index (χ0) is 19.1. The highest BCUT2D eigenvalue weighted by Gasteiger charge is 2.14. The van der Waals surface area contributed by atoms with Gasteiger partial charge in [0.2, 0.25) is 0 Å². The van der Waals surface area contributed by atoms with Crippen molar-refractivity contribution in [2.45, 2.75) is 45.6 Å². The number of rotatable bonds is 9. The molecule has 0 bridgehead atoms. The summed E-state index contributed by atoms with van der Waals surface area (Å²) in [6.45, 7) is 4.05. The lowest BCUT2D eigenvalue weighted by atomic mass is 10.1. The molecule has 1 aromatic heterocycles. The first-order valence-electron chi connectivity index (χ1n) is 8.83. The molecule has 0 radical (unpaired) electrons. The van der Waals surface area contributed by atoms with Crippen molar-refractivity contribution in [3.63, 3.8) is 0 Å². The molecule has 26 heavy (non-hydrogen) atoms. The first-order chi connectivity index (χ1) is 12.4. The van der Waals surface area contributed by atoms with Crippen molar-refractivity contribution >= 4 is 20.0 Å². The normalized spacial score (nSPS) is 12.7. The highest BCUT2D eigenvalue weighted by molar-refractivity contribution is 7.47. The minimum atomic E-state index is -0.636. The first kappa shape index (κ1) is 20.5. The Morgan fingerprint density at radius 1 is 1.31 bits per heavy atom. The van der Waals surface area contributed by atoms with Gasteiger partial charge in [-0.15, -0.1) is 0 Å². The first-order valence-corrected chi connectivity index (χ1v) is 10.0. The Morgan fingerprint density at radius 2 is 2.08 bits per heavy atom. The molecule has 2 aromatic rings. The van der Waals surface area contributed by atoms with E-state index in [9.17, 15) is 13.6 Å². The van der Waals surface area contributed by atoms with Crippen LogP contribution in [0, 0.1) is 11.6 Å². The fraction of sp³-hybridized carbons (Fsp3) is 0.474. The van der Waals surface area contributed by atoms with Crippen LogP contribution < -0.4 is 5.44 Å². The van der Waals surface area contributed by atoms with Gasteiger partial charge in [-0.3, -0.25) is 9.48 Å². The van der Waals surface area contributed by atoms with Crippen molar-refractivity contribution < 1.29 is 18.3 Å². The smallest absolute Gasteiger partial charge is 0.310 e. The van der Waals surface area contributed by atoms with E-state index in [-0.39, 0.29) is 32.4 Å². The van der Waals surface area contributed by atoms with Crippen LogP contribution in [0.2, 0.25) is 0 Å². The number of carbonyl (C=O) groups is 1. The van der Waals surface area contributed by atoms with E-state index < -0.39 is 11.6 Å². The van der Waals surface area contributed by atoms with Crippen LogP contribution in [0.25, 0.3) is 11.3 Å². The summed E-state index contributed by atoms with van der Waals surface area (Å²) in [5.74, 6) is -1.50. The molecule has 0 aliphatic heterocycles. The molecular formula is C19H25F2N2O2P. The van der Waals surface area contributed by atoms with E-state index in [2.05, 4.69) is 12.0 Å². The molecule has 0 saturated heterocycles. The maximum atomic E-state index is 14.0. The minimum absolute atomic E-state index is 0.0774. The highest BCUT2D eigenvalue weighted by atomic mass is 31.1. The Hall–Kier alpha value is -1.81. The molecule has 7 heteroatoms. The molecule has 0 N–H and O–H groups in total. The van der Waals surface area contributed by atoms with Gasteiger partial charge in [-0.1, -0.05) is 28.3 Å². The van der Waals surface area contributed by atoms with Crippen molar-refractivity contribution in [3.8, 4) is 11.3 Å². The van der Waals surface area contributed by atoms with Crippen LogP contribution in [0.15, 0.2) is 24.3 Å². The van der Waals surface area contributed by atoms with E-state index in [0.717, 1.165) is 31.7 Å². The van der Waals surface area contributed by atoms with E-state index >= 15 is 0 Å². The SMILES string of the molecule is CCCCCC(C)OC(=O)CPc1cc(-c2ccc(F)cc2F)n(C)n1. The van der Waals surface area contributed by atoms with E-state index in [1.807, 2.05) is 6.92 Å². The Bertz CT molecular complexity index is 749. The summed E-state index contributed by atoms with van der Waals surface area (Å²) < 4.78 is 34.0. The number of ether oxygens (including phenoxy) is 1. The predicted octanol–water partition coefficient (Wildman–Crippen LogP) is 4.18. The molecule has 0 aliphatic carbocycles. The average molecular weight is 382 g/mol. The maximum absolute atomic E-state index is 14.0. The van der Waals surface area contributed by atoms with Gasteiger partial charge in [-0.25, -0.2) is 8.78 Å². The van der Waals surface area contributed by atoms with E-state index in [1.165, 1.54) is 16.8 Å². The van der Waals surface area contributed by atoms with Gasteiger partial charge in [-0.2, -0.15) is 5.10 Å². The molecule has 2 unspecified atom stereocenters. The highest BCUT2D eigenvalue weighted by Crippen LogP contribution is 2.24. The Labute approximate surface area is 154 Å². The molecule has 2 rings (SSSR count). The number of carbonyl (C=O) groups excluding carboxylic acids is 1.